The molecule has 0 N–H and O–H groups in total. The Bertz CT molecular complexity index is 783. The van der Waals surface area contributed by atoms with E-state index in [1.807, 2.05) is 31.2 Å². The predicted octanol–water partition coefficient (Wildman–Crippen LogP) is 3.39. The summed E-state index contributed by atoms with van der Waals surface area (Å²) in [6, 6.07) is 12.8. The van der Waals surface area contributed by atoms with Crippen LogP contribution in [0.25, 0.3) is 0 Å². The third kappa shape index (κ3) is 3.99. The van der Waals surface area contributed by atoms with Crippen molar-refractivity contribution in [3.63, 3.8) is 0 Å². The summed E-state index contributed by atoms with van der Waals surface area (Å²) in [4.78, 5) is 26.3. The summed E-state index contributed by atoms with van der Waals surface area (Å²) in [7, 11) is 1.72. The van der Waals surface area contributed by atoms with Crippen LogP contribution < -0.4 is 14.4 Å². The topological polar surface area (TPSA) is 55.8 Å². The van der Waals surface area contributed by atoms with Crippen molar-refractivity contribution >= 4 is 17.4 Å². The number of aryl methyl sites for hydroxylation is 1. The second-order valence-corrected chi connectivity index (χ2v) is 6.07. The highest BCUT2D eigenvalue weighted by atomic mass is 16.6. The summed E-state index contributed by atoms with van der Waals surface area (Å²) in [6.45, 7) is 2.99. The first-order valence-electron chi connectivity index (χ1n) is 8.30. The number of anilines is 1. The van der Waals surface area contributed by atoms with E-state index in [1.165, 1.54) is 0 Å². The molecule has 0 fully saturated rings. The van der Waals surface area contributed by atoms with Crippen LogP contribution in [-0.4, -0.2) is 32.0 Å². The number of nitrogens with zero attached hydrogens (tertiary/aromatic N) is 1. The van der Waals surface area contributed by atoms with Gasteiger partial charge in [-0.3, -0.25) is 9.59 Å². The lowest BCUT2D eigenvalue weighted by Crippen LogP contribution is -2.26. The zero-order chi connectivity index (χ0) is 17.8. The number of hydrogen-bond donors (Lipinski definition) is 0. The highest BCUT2D eigenvalue weighted by Gasteiger charge is 2.17. The van der Waals surface area contributed by atoms with Crippen LogP contribution in [0.5, 0.6) is 11.5 Å². The molecule has 1 aliphatic heterocycles. The first-order valence-corrected chi connectivity index (χ1v) is 8.30. The van der Waals surface area contributed by atoms with Gasteiger partial charge in [-0.15, -0.1) is 0 Å². The Labute approximate surface area is 147 Å². The number of rotatable bonds is 5. The highest BCUT2D eigenvalue weighted by molar-refractivity contribution is 6.01. The Morgan fingerprint density at radius 2 is 1.64 bits per heavy atom. The lowest BCUT2D eigenvalue weighted by Gasteiger charge is -2.19. The third-order valence-electron chi connectivity index (χ3n) is 4.23. The zero-order valence-electron chi connectivity index (χ0n) is 14.5. The van der Waals surface area contributed by atoms with Gasteiger partial charge in [-0.1, -0.05) is 17.7 Å². The molecule has 0 aliphatic carbocycles. The molecule has 2 aromatic rings. The summed E-state index contributed by atoms with van der Waals surface area (Å²) in [5.41, 5.74) is 2.50. The highest BCUT2D eigenvalue weighted by Crippen LogP contribution is 2.31. The third-order valence-corrected chi connectivity index (χ3v) is 4.23. The Morgan fingerprint density at radius 1 is 0.960 bits per heavy atom. The van der Waals surface area contributed by atoms with Crippen LogP contribution in [0.2, 0.25) is 0 Å². The number of carbonyl (C=O) groups excluding carboxylic acids is 2. The minimum Gasteiger partial charge on any atom is -0.486 e. The Hall–Kier alpha value is -2.82. The van der Waals surface area contributed by atoms with E-state index >= 15 is 0 Å². The molecule has 0 unspecified atom stereocenters. The second-order valence-electron chi connectivity index (χ2n) is 6.07. The number of benzene rings is 2. The number of ketones is 1. The van der Waals surface area contributed by atoms with Crippen LogP contribution >= 0.6 is 0 Å². The smallest absolute Gasteiger partial charge is 0.227 e. The maximum absolute atomic E-state index is 12.4. The van der Waals surface area contributed by atoms with Gasteiger partial charge < -0.3 is 14.4 Å². The summed E-state index contributed by atoms with van der Waals surface area (Å²) in [6.07, 6.45) is 0.326. The lowest BCUT2D eigenvalue weighted by atomic mass is 10.1. The molecule has 0 saturated heterocycles. The number of hydrogen-bond acceptors (Lipinski definition) is 4. The maximum Gasteiger partial charge on any atom is 0.227 e. The van der Waals surface area contributed by atoms with Crippen molar-refractivity contribution in [2.75, 3.05) is 25.2 Å². The number of Topliss-reactive ketones (excluding diaryl/α,β-unsaturated/α-hetero) is 1. The van der Waals surface area contributed by atoms with Crippen molar-refractivity contribution < 1.29 is 19.1 Å². The van der Waals surface area contributed by atoms with Crippen molar-refractivity contribution in [3.8, 4) is 11.5 Å². The molecule has 3 rings (SSSR count). The summed E-state index contributed by atoms with van der Waals surface area (Å²) in [5, 5.41) is 0. The number of carbonyl (C=O) groups is 2. The van der Waals surface area contributed by atoms with Crippen LogP contribution in [0.15, 0.2) is 42.5 Å². The fraction of sp³-hybridized carbons (Fsp3) is 0.300. The predicted molar refractivity (Wildman–Crippen MR) is 95.6 cm³/mol. The molecular weight excluding hydrogens is 318 g/mol. The average molecular weight is 339 g/mol. The molecule has 0 aromatic heterocycles. The largest absolute Gasteiger partial charge is 0.486 e. The van der Waals surface area contributed by atoms with Gasteiger partial charge in [-0.05, 0) is 37.3 Å². The summed E-state index contributed by atoms with van der Waals surface area (Å²) in [5.74, 6) is 1.07. The van der Waals surface area contributed by atoms with Gasteiger partial charge in [0.25, 0.3) is 0 Å². The molecule has 5 nitrogen and oxygen atoms in total. The molecule has 0 atom stereocenters. The fourth-order valence-corrected chi connectivity index (χ4v) is 2.66. The number of fused-ring (bicyclic) bond motifs is 1. The van der Waals surface area contributed by atoms with Gasteiger partial charge in [-0.25, -0.2) is 0 Å². The minimum atomic E-state index is -0.0882. The van der Waals surface area contributed by atoms with Crippen LogP contribution in [0.3, 0.4) is 0 Å². The van der Waals surface area contributed by atoms with Gasteiger partial charge in [0.2, 0.25) is 5.91 Å². The molecule has 130 valence electrons. The maximum atomic E-state index is 12.4. The van der Waals surface area contributed by atoms with Gasteiger partial charge in [0.1, 0.15) is 13.2 Å². The number of ether oxygens (including phenoxy) is 2. The van der Waals surface area contributed by atoms with Gasteiger partial charge in [0.05, 0.1) is 0 Å². The van der Waals surface area contributed by atoms with Gasteiger partial charge >= 0.3 is 0 Å². The van der Waals surface area contributed by atoms with E-state index in [0.717, 1.165) is 11.3 Å². The first kappa shape index (κ1) is 17.0. The summed E-state index contributed by atoms with van der Waals surface area (Å²) < 4.78 is 10.9. The molecule has 25 heavy (non-hydrogen) atoms. The normalized spacial score (nSPS) is 12.6. The van der Waals surface area contributed by atoms with Gasteiger partial charge in [0.15, 0.2) is 17.3 Å². The van der Waals surface area contributed by atoms with E-state index in [4.69, 9.17) is 9.47 Å². The Balaban J connectivity index is 1.60. The standard InChI is InChI=1S/C20H21NO4/c1-14-3-6-16(7-4-14)21(2)20(23)10-8-17(22)15-5-9-18-19(13-15)25-12-11-24-18/h3-7,9,13H,8,10-12H2,1-2H3. The van der Waals surface area contributed by atoms with Gasteiger partial charge in [-0.2, -0.15) is 0 Å². The monoisotopic (exact) mass is 339 g/mol. The fourth-order valence-electron chi connectivity index (χ4n) is 2.66. The molecule has 1 heterocycles. The van der Waals surface area contributed by atoms with Crippen molar-refractivity contribution in [1.82, 2.24) is 0 Å². The summed E-state index contributed by atoms with van der Waals surface area (Å²) >= 11 is 0. The van der Waals surface area contributed by atoms with Crippen LogP contribution in [0.4, 0.5) is 5.69 Å². The van der Waals surface area contributed by atoms with Crippen molar-refractivity contribution in [3.05, 3.63) is 53.6 Å². The molecule has 1 aliphatic rings. The Morgan fingerprint density at radius 3 is 2.36 bits per heavy atom. The quantitative estimate of drug-likeness (QED) is 0.784. The van der Waals surface area contributed by atoms with Crippen LogP contribution in [0.1, 0.15) is 28.8 Å². The minimum absolute atomic E-state index is 0.0809. The molecule has 0 spiro atoms. The molecule has 0 radical (unpaired) electrons. The lowest BCUT2D eigenvalue weighted by molar-refractivity contribution is -0.118. The second kappa shape index (κ2) is 7.38. The SMILES string of the molecule is Cc1ccc(N(C)C(=O)CCC(=O)c2ccc3c(c2)OCCO3)cc1. The van der Waals surface area contributed by atoms with E-state index in [2.05, 4.69) is 0 Å². The van der Waals surface area contributed by atoms with E-state index in [9.17, 15) is 9.59 Å². The van der Waals surface area contributed by atoms with E-state index < -0.39 is 0 Å². The average Bonchev–Trinajstić information content (AvgIpc) is 2.65. The molecular formula is C20H21NO4. The number of amides is 1. The van der Waals surface area contributed by atoms with Crippen molar-refractivity contribution in [2.24, 2.45) is 0 Å². The molecule has 0 saturated carbocycles. The van der Waals surface area contributed by atoms with E-state index in [1.54, 1.807) is 30.1 Å². The molecule has 2 aromatic carbocycles. The Kier molecular flexibility index (Phi) is 5.03. The van der Waals surface area contributed by atoms with E-state index in [0.29, 0.717) is 30.3 Å². The van der Waals surface area contributed by atoms with E-state index in [-0.39, 0.29) is 24.5 Å². The zero-order valence-corrected chi connectivity index (χ0v) is 14.5. The molecule has 0 bridgehead atoms. The van der Waals surface area contributed by atoms with Gasteiger partial charge in [0, 0.05) is 31.1 Å². The van der Waals surface area contributed by atoms with Crippen molar-refractivity contribution in [2.45, 2.75) is 19.8 Å². The van der Waals surface area contributed by atoms with Crippen LogP contribution in [0, 0.1) is 6.92 Å². The van der Waals surface area contributed by atoms with Crippen LogP contribution in [-0.2, 0) is 4.79 Å². The van der Waals surface area contributed by atoms with Crippen molar-refractivity contribution in [1.29, 1.82) is 0 Å². The first-order chi connectivity index (χ1) is 12.0. The molecule has 5 heteroatoms. The molecule has 1 amide bonds.